The molecule has 0 bridgehead atoms. The monoisotopic (exact) mass is 386 g/mol. The third-order valence-corrected chi connectivity index (χ3v) is 5.85. The summed E-state index contributed by atoms with van der Waals surface area (Å²) >= 11 is 0. The number of hydrogen-bond donors (Lipinski definition) is 0. The van der Waals surface area contributed by atoms with Crippen molar-refractivity contribution in [2.75, 3.05) is 13.1 Å². The summed E-state index contributed by atoms with van der Waals surface area (Å²) in [4.78, 5) is 27.4. The molecule has 1 amide bonds. The van der Waals surface area contributed by atoms with Crippen LogP contribution in [0.3, 0.4) is 0 Å². The molecule has 0 unspecified atom stereocenters. The third-order valence-electron chi connectivity index (χ3n) is 5.85. The first-order valence-electron chi connectivity index (χ1n) is 10.2. The van der Waals surface area contributed by atoms with Crippen molar-refractivity contribution in [2.45, 2.75) is 26.7 Å². The van der Waals surface area contributed by atoms with Crippen molar-refractivity contribution in [1.29, 1.82) is 0 Å². The molecule has 0 N–H and O–H groups in total. The van der Waals surface area contributed by atoms with Crippen molar-refractivity contribution >= 4 is 11.7 Å². The number of carbonyl (C=O) groups is 2. The summed E-state index contributed by atoms with van der Waals surface area (Å²) in [5, 5.41) is 0. The number of aryl methyl sites for hydroxylation is 2. The highest BCUT2D eigenvalue weighted by molar-refractivity contribution is 5.98. The van der Waals surface area contributed by atoms with E-state index in [0.29, 0.717) is 18.7 Å². The quantitative estimate of drug-likeness (QED) is 0.603. The molecule has 0 aliphatic carbocycles. The lowest BCUT2D eigenvalue weighted by atomic mass is 9.88. The number of aromatic nitrogens is 1. The highest BCUT2D eigenvalue weighted by Crippen LogP contribution is 2.24. The number of rotatable bonds is 4. The van der Waals surface area contributed by atoms with Crippen LogP contribution >= 0.6 is 0 Å². The van der Waals surface area contributed by atoms with Gasteiger partial charge in [0.1, 0.15) is 0 Å². The van der Waals surface area contributed by atoms with E-state index < -0.39 is 0 Å². The number of ketones is 1. The fraction of sp³-hybridized carbons (Fsp3) is 0.280. The van der Waals surface area contributed by atoms with Crippen LogP contribution in [0.25, 0.3) is 5.69 Å². The number of piperidine rings is 1. The second-order valence-electron chi connectivity index (χ2n) is 7.80. The van der Waals surface area contributed by atoms with Crippen LogP contribution in [0.2, 0.25) is 0 Å². The summed E-state index contributed by atoms with van der Waals surface area (Å²) in [6, 6.07) is 21.4. The predicted octanol–water partition coefficient (Wildman–Crippen LogP) is 4.83. The minimum absolute atomic E-state index is 0.00326. The average molecular weight is 386 g/mol. The van der Waals surface area contributed by atoms with Crippen LogP contribution < -0.4 is 0 Å². The van der Waals surface area contributed by atoms with Crippen LogP contribution in [0.1, 0.15) is 44.9 Å². The number of benzene rings is 2. The molecule has 4 rings (SSSR count). The van der Waals surface area contributed by atoms with Gasteiger partial charge in [0, 0.05) is 47.2 Å². The molecule has 1 fully saturated rings. The Morgan fingerprint density at radius 1 is 0.759 bits per heavy atom. The lowest BCUT2D eigenvalue weighted by molar-refractivity contribution is 0.0650. The van der Waals surface area contributed by atoms with Crippen LogP contribution in [-0.4, -0.2) is 34.2 Å². The van der Waals surface area contributed by atoms with Gasteiger partial charge in [0.25, 0.3) is 5.91 Å². The molecular formula is C25H26N2O2. The van der Waals surface area contributed by atoms with E-state index in [4.69, 9.17) is 0 Å². The zero-order chi connectivity index (χ0) is 20.4. The number of likely N-dealkylation sites (tertiary alicyclic amines) is 1. The number of amides is 1. The van der Waals surface area contributed by atoms with Crippen molar-refractivity contribution < 1.29 is 9.59 Å². The fourth-order valence-electron chi connectivity index (χ4n) is 4.19. The Kier molecular flexibility index (Phi) is 5.34. The summed E-state index contributed by atoms with van der Waals surface area (Å²) in [5.41, 5.74) is 4.87. The number of carbonyl (C=O) groups excluding carboxylic acids is 2. The highest BCUT2D eigenvalue weighted by atomic mass is 16.2. The Bertz CT molecular complexity index is 991. The van der Waals surface area contributed by atoms with E-state index in [0.717, 1.165) is 24.1 Å². The molecule has 4 nitrogen and oxygen atoms in total. The molecule has 3 aromatic rings. The topological polar surface area (TPSA) is 42.3 Å². The fourth-order valence-corrected chi connectivity index (χ4v) is 4.19. The molecule has 0 saturated carbocycles. The van der Waals surface area contributed by atoms with Crippen molar-refractivity contribution in [3.8, 4) is 5.69 Å². The second-order valence-corrected chi connectivity index (χ2v) is 7.80. The SMILES string of the molecule is Cc1ccc(C)n1-c1ccc(C(=O)N2CCC(C(=O)c3ccccc3)CC2)cc1. The van der Waals surface area contributed by atoms with Crippen LogP contribution in [-0.2, 0) is 0 Å². The van der Waals surface area contributed by atoms with Crippen LogP contribution in [0, 0.1) is 19.8 Å². The van der Waals surface area contributed by atoms with E-state index in [1.807, 2.05) is 59.5 Å². The molecule has 1 aliphatic rings. The third kappa shape index (κ3) is 3.88. The second kappa shape index (κ2) is 8.08. The molecule has 1 saturated heterocycles. The summed E-state index contributed by atoms with van der Waals surface area (Å²) < 4.78 is 2.18. The molecule has 148 valence electrons. The normalized spacial score (nSPS) is 14.8. The van der Waals surface area contributed by atoms with Gasteiger partial charge < -0.3 is 9.47 Å². The predicted molar refractivity (Wildman–Crippen MR) is 115 cm³/mol. The molecular weight excluding hydrogens is 360 g/mol. The molecule has 1 aromatic heterocycles. The first-order valence-corrected chi connectivity index (χ1v) is 10.2. The summed E-state index contributed by atoms with van der Waals surface area (Å²) in [6.07, 6.45) is 1.44. The van der Waals surface area contributed by atoms with Crippen molar-refractivity contribution in [3.05, 3.63) is 89.2 Å². The lowest BCUT2D eigenvalue weighted by Gasteiger charge is -2.31. The Labute approximate surface area is 171 Å². The van der Waals surface area contributed by atoms with E-state index in [1.165, 1.54) is 11.4 Å². The number of nitrogens with zero attached hydrogens (tertiary/aromatic N) is 2. The summed E-state index contributed by atoms with van der Waals surface area (Å²) in [6.45, 7) is 5.40. The van der Waals surface area contributed by atoms with Crippen molar-refractivity contribution in [1.82, 2.24) is 9.47 Å². The van der Waals surface area contributed by atoms with Gasteiger partial charge in [-0.1, -0.05) is 30.3 Å². The smallest absolute Gasteiger partial charge is 0.253 e. The van der Waals surface area contributed by atoms with Crippen molar-refractivity contribution in [2.24, 2.45) is 5.92 Å². The molecule has 0 radical (unpaired) electrons. The van der Waals surface area contributed by atoms with E-state index in [2.05, 4.69) is 30.5 Å². The van der Waals surface area contributed by atoms with Gasteiger partial charge in [-0.25, -0.2) is 0 Å². The Morgan fingerprint density at radius 3 is 1.93 bits per heavy atom. The Balaban J connectivity index is 1.40. The van der Waals surface area contributed by atoms with Gasteiger partial charge in [0.05, 0.1) is 0 Å². The molecule has 4 heteroatoms. The summed E-state index contributed by atoms with van der Waals surface area (Å²) in [7, 11) is 0. The number of hydrogen-bond acceptors (Lipinski definition) is 2. The Hall–Kier alpha value is -3.14. The van der Waals surface area contributed by atoms with Crippen molar-refractivity contribution in [3.63, 3.8) is 0 Å². The molecule has 2 heterocycles. The van der Waals surface area contributed by atoms with Gasteiger partial charge in [0.2, 0.25) is 0 Å². The molecule has 0 spiro atoms. The molecule has 29 heavy (non-hydrogen) atoms. The van der Waals surface area contributed by atoms with Gasteiger partial charge >= 0.3 is 0 Å². The lowest BCUT2D eigenvalue weighted by Crippen LogP contribution is -2.40. The number of Topliss-reactive ketones (excluding diaryl/α,β-unsaturated/α-hetero) is 1. The molecule has 1 aliphatic heterocycles. The van der Waals surface area contributed by atoms with E-state index in [-0.39, 0.29) is 17.6 Å². The van der Waals surface area contributed by atoms with Gasteiger partial charge in [-0.05, 0) is 63.1 Å². The van der Waals surface area contributed by atoms with Crippen LogP contribution in [0.5, 0.6) is 0 Å². The average Bonchev–Trinajstić information content (AvgIpc) is 3.11. The Morgan fingerprint density at radius 2 is 1.34 bits per heavy atom. The van der Waals surface area contributed by atoms with E-state index in [1.54, 1.807) is 0 Å². The van der Waals surface area contributed by atoms with Gasteiger partial charge in [-0.3, -0.25) is 9.59 Å². The summed E-state index contributed by atoms with van der Waals surface area (Å²) in [5.74, 6) is 0.242. The molecule has 0 atom stereocenters. The van der Waals surface area contributed by atoms with E-state index >= 15 is 0 Å². The van der Waals surface area contributed by atoms with Gasteiger partial charge in [0.15, 0.2) is 5.78 Å². The first kappa shape index (κ1) is 19.2. The minimum atomic E-state index is 0.00326. The van der Waals surface area contributed by atoms with Crippen LogP contribution in [0.4, 0.5) is 0 Å². The minimum Gasteiger partial charge on any atom is -0.339 e. The maximum absolute atomic E-state index is 12.9. The molecule has 2 aromatic carbocycles. The van der Waals surface area contributed by atoms with Gasteiger partial charge in [-0.2, -0.15) is 0 Å². The maximum atomic E-state index is 12.9. The van der Waals surface area contributed by atoms with E-state index in [9.17, 15) is 9.59 Å². The first-order chi connectivity index (χ1) is 14.0. The zero-order valence-electron chi connectivity index (χ0n) is 17.0. The van der Waals surface area contributed by atoms with Gasteiger partial charge in [-0.15, -0.1) is 0 Å². The highest BCUT2D eigenvalue weighted by Gasteiger charge is 2.28. The zero-order valence-corrected chi connectivity index (χ0v) is 17.0. The standard InChI is InChI=1S/C25H26N2O2/c1-18-8-9-19(2)27(18)23-12-10-22(11-13-23)25(29)26-16-14-21(15-17-26)24(28)20-6-4-3-5-7-20/h3-13,21H,14-17H2,1-2H3. The largest absolute Gasteiger partial charge is 0.339 e. The maximum Gasteiger partial charge on any atom is 0.253 e. The van der Waals surface area contributed by atoms with Crippen LogP contribution in [0.15, 0.2) is 66.7 Å².